The molecule has 9 heteroatoms. The van der Waals surface area contributed by atoms with E-state index in [1.165, 1.54) is 0 Å². The van der Waals surface area contributed by atoms with Crippen LogP contribution in [0.15, 0.2) is 47.4 Å². The molecule has 32 heavy (non-hydrogen) atoms. The molecule has 1 heterocycles. The van der Waals surface area contributed by atoms with Crippen molar-refractivity contribution in [3.05, 3.63) is 59.7 Å². The average molecular weight is 466 g/mol. The van der Waals surface area contributed by atoms with Gasteiger partial charge in [-0.15, -0.1) is 0 Å². The van der Waals surface area contributed by atoms with Crippen LogP contribution in [0.4, 0.5) is 14.5 Å². The highest BCUT2D eigenvalue weighted by Crippen LogP contribution is 2.27. The zero-order valence-corrected chi connectivity index (χ0v) is 19.2. The minimum atomic E-state index is -4.16. The maximum Gasteiger partial charge on any atom is 0.246 e. The van der Waals surface area contributed by atoms with Crippen molar-refractivity contribution in [1.82, 2.24) is 9.21 Å². The van der Waals surface area contributed by atoms with Gasteiger partial charge in [-0.25, -0.2) is 17.2 Å². The summed E-state index contributed by atoms with van der Waals surface area (Å²) in [5.74, 6) is -2.33. The molecule has 0 aliphatic carbocycles. The molecule has 0 radical (unpaired) electrons. The lowest BCUT2D eigenvalue weighted by atomic mass is 9.97. The Labute approximate surface area is 188 Å². The number of amides is 1. The predicted octanol–water partition coefficient (Wildman–Crippen LogP) is 3.85. The van der Waals surface area contributed by atoms with Gasteiger partial charge in [0.25, 0.3) is 0 Å². The van der Waals surface area contributed by atoms with Crippen LogP contribution in [0.25, 0.3) is 0 Å². The first-order valence-corrected chi connectivity index (χ1v) is 12.3. The number of nitrogens with one attached hydrogen (secondary N) is 1. The van der Waals surface area contributed by atoms with Gasteiger partial charge in [0, 0.05) is 31.2 Å². The molecule has 2 aromatic rings. The first kappa shape index (κ1) is 24.3. The number of halogens is 2. The number of piperidine rings is 1. The Hall–Kier alpha value is -2.36. The summed E-state index contributed by atoms with van der Waals surface area (Å²) in [5.41, 5.74) is 1.81. The van der Waals surface area contributed by atoms with Gasteiger partial charge in [0.05, 0.1) is 0 Å². The first-order chi connectivity index (χ1) is 15.2. The topological polar surface area (TPSA) is 69.7 Å². The molecule has 1 fully saturated rings. The van der Waals surface area contributed by atoms with E-state index in [0.717, 1.165) is 41.6 Å². The summed E-state index contributed by atoms with van der Waals surface area (Å²) in [4.78, 5) is 14.3. The molecule has 3 rings (SSSR count). The van der Waals surface area contributed by atoms with E-state index in [-0.39, 0.29) is 24.9 Å². The Morgan fingerprint density at radius 2 is 1.78 bits per heavy atom. The molecule has 0 bridgehead atoms. The van der Waals surface area contributed by atoms with Gasteiger partial charge in [-0.05, 0) is 61.8 Å². The molecule has 1 saturated heterocycles. The van der Waals surface area contributed by atoms with E-state index < -0.39 is 26.6 Å². The number of nitrogens with zero attached hydrogens (tertiary/aromatic N) is 2. The second-order valence-corrected chi connectivity index (χ2v) is 9.81. The van der Waals surface area contributed by atoms with E-state index >= 15 is 0 Å². The van der Waals surface area contributed by atoms with Gasteiger partial charge in [-0.1, -0.05) is 26.0 Å². The standard InChI is InChI=1S/C23H29F2N3O3S/c1-3-27(4-2)16-17-6-5-7-20(14-17)26-23(29)18-10-12-28(13-11-18)32(30,31)22-15-19(24)8-9-21(22)25/h5-9,14-15,18H,3-4,10-13,16H2,1-2H3,(H,26,29). The van der Waals surface area contributed by atoms with E-state index in [2.05, 4.69) is 24.1 Å². The van der Waals surface area contributed by atoms with Crippen molar-refractivity contribution in [1.29, 1.82) is 0 Å². The van der Waals surface area contributed by atoms with Gasteiger partial charge >= 0.3 is 0 Å². The number of carbonyl (C=O) groups excluding carboxylic acids is 1. The number of carbonyl (C=O) groups is 1. The molecule has 174 valence electrons. The summed E-state index contributed by atoms with van der Waals surface area (Å²) in [5, 5.41) is 2.93. The summed E-state index contributed by atoms with van der Waals surface area (Å²) in [7, 11) is -4.16. The quantitative estimate of drug-likeness (QED) is 0.643. The third-order valence-corrected chi connectivity index (χ3v) is 7.74. The molecular formula is C23H29F2N3O3S. The van der Waals surface area contributed by atoms with Crippen molar-refractivity contribution in [3.63, 3.8) is 0 Å². The molecule has 0 aromatic heterocycles. The number of sulfonamides is 1. The van der Waals surface area contributed by atoms with Gasteiger partial charge in [-0.3, -0.25) is 9.69 Å². The fourth-order valence-corrected chi connectivity index (χ4v) is 5.42. The number of hydrogen-bond acceptors (Lipinski definition) is 4. The summed E-state index contributed by atoms with van der Waals surface area (Å²) >= 11 is 0. The maximum atomic E-state index is 14.0. The van der Waals surface area contributed by atoms with Gasteiger partial charge in [-0.2, -0.15) is 4.31 Å². The van der Waals surface area contributed by atoms with Gasteiger partial charge in [0.1, 0.15) is 16.5 Å². The monoisotopic (exact) mass is 465 g/mol. The molecule has 2 aromatic carbocycles. The fraction of sp³-hybridized carbons (Fsp3) is 0.435. The third-order valence-electron chi connectivity index (χ3n) is 5.83. The summed E-state index contributed by atoms with van der Waals surface area (Å²) < 4.78 is 54.0. The average Bonchev–Trinajstić information content (AvgIpc) is 2.79. The zero-order valence-electron chi connectivity index (χ0n) is 18.4. The molecule has 0 unspecified atom stereocenters. The number of anilines is 1. The molecule has 6 nitrogen and oxygen atoms in total. The van der Waals surface area contributed by atoms with Crippen LogP contribution in [0.1, 0.15) is 32.3 Å². The normalized spacial score (nSPS) is 15.8. The second-order valence-electron chi connectivity index (χ2n) is 7.90. The molecule has 1 aliphatic rings. The largest absolute Gasteiger partial charge is 0.326 e. The number of rotatable bonds is 8. The van der Waals surface area contributed by atoms with E-state index in [1.807, 2.05) is 24.3 Å². The van der Waals surface area contributed by atoms with Crippen LogP contribution in [0.3, 0.4) is 0 Å². The van der Waals surface area contributed by atoms with Crippen LogP contribution in [0.2, 0.25) is 0 Å². The van der Waals surface area contributed by atoms with Crippen molar-refractivity contribution in [2.45, 2.75) is 38.1 Å². The number of benzene rings is 2. The minimum Gasteiger partial charge on any atom is -0.326 e. The van der Waals surface area contributed by atoms with Crippen molar-refractivity contribution < 1.29 is 22.0 Å². The van der Waals surface area contributed by atoms with Crippen LogP contribution >= 0.6 is 0 Å². The van der Waals surface area contributed by atoms with Crippen molar-refractivity contribution in [2.75, 3.05) is 31.5 Å². The third kappa shape index (κ3) is 5.70. The van der Waals surface area contributed by atoms with Crippen LogP contribution in [-0.2, 0) is 21.4 Å². The van der Waals surface area contributed by atoms with Crippen LogP contribution in [-0.4, -0.2) is 49.7 Å². The van der Waals surface area contributed by atoms with Crippen molar-refractivity contribution in [3.8, 4) is 0 Å². The molecule has 1 amide bonds. The molecule has 0 atom stereocenters. The Morgan fingerprint density at radius 1 is 1.09 bits per heavy atom. The smallest absolute Gasteiger partial charge is 0.246 e. The lowest BCUT2D eigenvalue weighted by molar-refractivity contribution is -0.120. The molecule has 1 N–H and O–H groups in total. The zero-order chi connectivity index (χ0) is 23.3. The van der Waals surface area contributed by atoms with Gasteiger partial charge in [0.15, 0.2) is 0 Å². The lowest BCUT2D eigenvalue weighted by Gasteiger charge is -2.30. The summed E-state index contributed by atoms with van der Waals surface area (Å²) in [6.45, 7) is 7.01. The Bertz CT molecular complexity index is 1050. The van der Waals surface area contributed by atoms with E-state index in [4.69, 9.17) is 0 Å². The highest BCUT2D eigenvalue weighted by molar-refractivity contribution is 7.89. The molecule has 1 aliphatic heterocycles. The van der Waals surface area contributed by atoms with E-state index in [0.29, 0.717) is 24.6 Å². The Kier molecular flexibility index (Phi) is 7.97. The Morgan fingerprint density at radius 3 is 2.44 bits per heavy atom. The predicted molar refractivity (Wildman–Crippen MR) is 120 cm³/mol. The van der Waals surface area contributed by atoms with E-state index in [9.17, 15) is 22.0 Å². The van der Waals surface area contributed by atoms with Gasteiger partial charge in [0.2, 0.25) is 15.9 Å². The van der Waals surface area contributed by atoms with E-state index in [1.54, 1.807) is 0 Å². The minimum absolute atomic E-state index is 0.0678. The SMILES string of the molecule is CCN(CC)Cc1cccc(NC(=O)C2CCN(S(=O)(=O)c3cc(F)ccc3F)CC2)c1. The molecular weight excluding hydrogens is 436 g/mol. The summed E-state index contributed by atoms with van der Waals surface area (Å²) in [6, 6.07) is 10.1. The van der Waals surface area contributed by atoms with Crippen molar-refractivity contribution in [2.24, 2.45) is 5.92 Å². The van der Waals surface area contributed by atoms with Crippen molar-refractivity contribution >= 4 is 21.6 Å². The summed E-state index contributed by atoms with van der Waals surface area (Å²) in [6.07, 6.45) is 0.613. The van der Waals surface area contributed by atoms with Crippen LogP contribution in [0, 0.1) is 17.6 Å². The van der Waals surface area contributed by atoms with Crippen LogP contribution < -0.4 is 5.32 Å². The highest BCUT2D eigenvalue weighted by Gasteiger charge is 2.33. The fourth-order valence-electron chi connectivity index (χ4n) is 3.87. The van der Waals surface area contributed by atoms with Gasteiger partial charge < -0.3 is 5.32 Å². The maximum absolute atomic E-state index is 14.0. The molecule has 0 spiro atoms. The first-order valence-electron chi connectivity index (χ1n) is 10.8. The van der Waals surface area contributed by atoms with Crippen LogP contribution in [0.5, 0.6) is 0 Å². The number of hydrogen-bond donors (Lipinski definition) is 1. The Balaban J connectivity index is 1.61. The second kappa shape index (κ2) is 10.5. The lowest BCUT2D eigenvalue weighted by Crippen LogP contribution is -2.41. The molecule has 0 saturated carbocycles. The highest BCUT2D eigenvalue weighted by atomic mass is 32.2.